The van der Waals surface area contributed by atoms with Crippen LogP contribution in [0.5, 0.6) is 0 Å². The summed E-state index contributed by atoms with van der Waals surface area (Å²) in [5.41, 5.74) is 3.44. The van der Waals surface area contributed by atoms with Crippen molar-refractivity contribution in [2.75, 3.05) is 24.5 Å². The minimum absolute atomic E-state index is 0.0249. The third kappa shape index (κ3) is 1.92. The van der Waals surface area contributed by atoms with E-state index in [0.29, 0.717) is 11.1 Å². The maximum Gasteiger partial charge on any atom is 0.0696 e. The predicted molar refractivity (Wildman–Crippen MR) is 69.7 cm³/mol. The molecule has 0 amide bonds. The van der Waals surface area contributed by atoms with Crippen LogP contribution in [0.15, 0.2) is 12.1 Å². The number of fused-ring (bicyclic) bond motifs is 3. The fraction of sp³-hybridized carbons (Fsp3) is 0.538. The van der Waals surface area contributed by atoms with Gasteiger partial charge in [0.05, 0.1) is 6.61 Å². The summed E-state index contributed by atoms with van der Waals surface area (Å²) < 4.78 is 0. The molecule has 0 saturated carbocycles. The van der Waals surface area contributed by atoms with Crippen LogP contribution < -0.4 is 10.2 Å². The summed E-state index contributed by atoms with van der Waals surface area (Å²) in [5.74, 6) is 0. The number of hydrogen-bond acceptors (Lipinski definition) is 3. The zero-order valence-electron chi connectivity index (χ0n) is 9.75. The number of aliphatic hydroxyl groups is 1. The normalized spacial score (nSPS) is 23.2. The van der Waals surface area contributed by atoms with Crippen molar-refractivity contribution in [2.45, 2.75) is 25.5 Å². The number of halogens is 1. The molecule has 4 heteroatoms. The average molecular weight is 253 g/mol. The Morgan fingerprint density at radius 2 is 2.35 bits per heavy atom. The summed E-state index contributed by atoms with van der Waals surface area (Å²) in [4.78, 5) is 2.46. The SMILES string of the molecule is OCc1cc2c(cc1Cl)N1CCNCC1CC2. The topological polar surface area (TPSA) is 35.5 Å². The van der Waals surface area contributed by atoms with Crippen LogP contribution in [0.25, 0.3) is 0 Å². The van der Waals surface area contributed by atoms with E-state index in [4.69, 9.17) is 11.6 Å². The van der Waals surface area contributed by atoms with Gasteiger partial charge in [0.2, 0.25) is 0 Å². The molecule has 1 unspecified atom stereocenters. The molecule has 1 aromatic carbocycles. The van der Waals surface area contributed by atoms with Crippen molar-refractivity contribution in [1.82, 2.24) is 5.32 Å². The average Bonchev–Trinajstić information content (AvgIpc) is 2.38. The number of aryl methyl sites for hydroxylation is 1. The van der Waals surface area contributed by atoms with E-state index in [-0.39, 0.29) is 6.61 Å². The molecule has 3 rings (SSSR count). The zero-order chi connectivity index (χ0) is 11.8. The Labute approximate surface area is 106 Å². The summed E-state index contributed by atoms with van der Waals surface area (Å²) in [6, 6.07) is 4.70. The fourth-order valence-electron chi connectivity index (χ4n) is 2.91. The molecule has 2 aliphatic heterocycles. The quantitative estimate of drug-likeness (QED) is 0.796. The Morgan fingerprint density at radius 3 is 3.18 bits per heavy atom. The van der Waals surface area contributed by atoms with Gasteiger partial charge in [-0.2, -0.15) is 0 Å². The molecular formula is C13H17ClN2O. The molecule has 1 atom stereocenters. The van der Waals surface area contributed by atoms with E-state index in [1.807, 2.05) is 6.07 Å². The molecule has 92 valence electrons. The molecule has 0 aromatic heterocycles. The van der Waals surface area contributed by atoms with Gasteiger partial charge in [0, 0.05) is 36.4 Å². The van der Waals surface area contributed by atoms with Gasteiger partial charge in [-0.05, 0) is 36.1 Å². The Hall–Kier alpha value is -0.770. The highest BCUT2D eigenvalue weighted by Gasteiger charge is 2.28. The minimum Gasteiger partial charge on any atom is -0.392 e. The highest BCUT2D eigenvalue weighted by molar-refractivity contribution is 6.31. The van der Waals surface area contributed by atoms with Crippen molar-refractivity contribution in [3.05, 3.63) is 28.3 Å². The molecule has 2 heterocycles. The molecule has 0 spiro atoms. The van der Waals surface area contributed by atoms with Crippen molar-refractivity contribution in [3.8, 4) is 0 Å². The highest BCUT2D eigenvalue weighted by atomic mass is 35.5. The third-order valence-corrected chi connectivity index (χ3v) is 4.18. The van der Waals surface area contributed by atoms with Crippen LogP contribution in [-0.2, 0) is 13.0 Å². The number of rotatable bonds is 1. The molecule has 17 heavy (non-hydrogen) atoms. The van der Waals surface area contributed by atoms with Crippen molar-refractivity contribution < 1.29 is 5.11 Å². The van der Waals surface area contributed by atoms with Gasteiger partial charge >= 0.3 is 0 Å². The third-order valence-electron chi connectivity index (χ3n) is 3.82. The molecule has 2 aliphatic rings. The van der Waals surface area contributed by atoms with E-state index in [0.717, 1.165) is 31.6 Å². The molecule has 1 saturated heterocycles. The van der Waals surface area contributed by atoms with Gasteiger partial charge in [0.15, 0.2) is 0 Å². The second-order valence-electron chi connectivity index (χ2n) is 4.82. The van der Waals surface area contributed by atoms with Crippen LogP contribution in [0, 0.1) is 0 Å². The molecule has 0 aliphatic carbocycles. The Bertz CT molecular complexity index is 436. The van der Waals surface area contributed by atoms with Crippen LogP contribution in [0.3, 0.4) is 0 Å². The minimum atomic E-state index is 0.0249. The first-order valence-corrected chi connectivity index (χ1v) is 6.57. The summed E-state index contributed by atoms with van der Waals surface area (Å²) in [6.45, 7) is 3.18. The standard InChI is InChI=1S/C13H17ClN2O/c14-12-6-13-9(5-10(12)8-17)1-2-11-7-15-3-4-16(11)13/h5-6,11,15,17H,1-4,7-8H2. The summed E-state index contributed by atoms with van der Waals surface area (Å²) in [5, 5.41) is 13.4. The molecule has 2 N–H and O–H groups in total. The van der Waals surface area contributed by atoms with Gasteiger partial charge in [-0.1, -0.05) is 11.6 Å². The number of nitrogens with zero attached hydrogens (tertiary/aromatic N) is 1. The Kier molecular flexibility index (Phi) is 2.99. The number of piperazine rings is 1. The van der Waals surface area contributed by atoms with Gasteiger partial charge in [-0.25, -0.2) is 0 Å². The van der Waals surface area contributed by atoms with Gasteiger partial charge in [0.25, 0.3) is 0 Å². The number of nitrogens with one attached hydrogen (secondary N) is 1. The first-order chi connectivity index (χ1) is 8.29. The van der Waals surface area contributed by atoms with E-state index in [2.05, 4.69) is 16.3 Å². The van der Waals surface area contributed by atoms with Gasteiger partial charge in [-0.3, -0.25) is 0 Å². The zero-order valence-corrected chi connectivity index (χ0v) is 10.5. The van der Waals surface area contributed by atoms with E-state index in [1.165, 1.54) is 17.7 Å². The van der Waals surface area contributed by atoms with E-state index in [1.54, 1.807) is 0 Å². The van der Waals surface area contributed by atoms with Crippen molar-refractivity contribution in [2.24, 2.45) is 0 Å². The lowest BCUT2D eigenvalue weighted by molar-refractivity contribution is 0.281. The number of aliphatic hydroxyl groups excluding tert-OH is 1. The van der Waals surface area contributed by atoms with E-state index < -0.39 is 0 Å². The molecule has 3 nitrogen and oxygen atoms in total. The lowest BCUT2D eigenvalue weighted by Gasteiger charge is -2.42. The highest BCUT2D eigenvalue weighted by Crippen LogP contribution is 2.35. The maximum absolute atomic E-state index is 9.24. The maximum atomic E-state index is 9.24. The largest absolute Gasteiger partial charge is 0.392 e. The molecule has 0 bridgehead atoms. The number of benzene rings is 1. The Balaban J connectivity index is 2.01. The lowest BCUT2D eigenvalue weighted by atomic mass is 9.93. The van der Waals surface area contributed by atoms with Gasteiger partial charge in [0.1, 0.15) is 0 Å². The summed E-state index contributed by atoms with van der Waals surface area (Å²) in [6.07, 6.45) is 2.27. The summed E-state index contributed by atoms with van der Waals surface area (Å²) >= 11 is 6.19. The van der Waals surface area contributed by atoms with Crippen molar-refractivity contribution >= 4 is 17.3 Å². The smallest absolute Gasteiger partial charge is 0.0696 e. The van der Waals surface area contributed by atoms with Crippen LogP contribution in [-0.4, -0.2) is 30.8 Å². The van der Waals surface area contributed by atoms with Gasteiger partial charge in [-0.15, -0.1) is 0 Å². The Morgan fingerprint density at radius 1 is 1.47 bits per heavy atom. The summed E-state index contributed by atoms with van der Waals surface area (Å²) in [7, 11) is 0. The fourth-order valence-corrected chi connectivity index (χ4v) is 3.12. The van der Waals surface area contributed by atoms with Crippen LogP contribution in [0.2, 0.25) is 5.02 Å². The van der Waals surface area contributed by atoms with Crippen molar-refractivity contribution in [3.63, 3.8) is 0 Å². The first-order valence-electron chi connectivity index (χ1n) is 6.19. The van der Waals surface area contributed by atoms with Crippen LogP contribution >= 0.6 is 11.6 Å². The van der Waals surface area contributed by atoms with E-state index in [9.17, 15) is 5.11 Å². The van der Waals surface area contributed by atoms with Gasteiger partial charge < -0.3 is 15.3 Å². The molecular weight excluding hydrogens is 236 g/mol. The first kappa shape index (κ1) is 11.3. The number of hydrogen-bond donors (Lipinski definition) is 2. The second kappa shape index (κ2) is 4.48. The predicted octanol–water partition coefficient (Wildman–Crippen LogP) is 1.56. The lowest BCUT2D eigenvalue weighted by Crippen LogP contribution is -2.53. The van der Waals surface area contributed by atoms with E-state index >= 15 is 0 Å². The van der Waals surface area contributed by atoms with Crippen LogP contribution in [0.1, 0.15) is 17.5 Å². The monoisotopic (exact) mass is 252 g/mol. The second-order valence-corrected chi connectivity index (χ2v) is 5.23. The van der Waals surface area contributed by atoms with Crippen LogP contribution in [0.4, 0.5) is 5.69 Å². The number of anilines is 1. The molecule has 1 aromatic rings. The molecule has 0 radical (unpaired) electrons. The molecule has 1 fully saturated rings. The van der Waals surface area contributed by atoms with Crippen molar-refractivity contribution in [1.29, 1.82) is 0 Å².